The summed E-state index contributed by atoms with van der Waals surface area (Å²) in [5, 5.41) is 2.58. The largest absolute Gasteiger partial charge is 0.450 e. The summed E-state index contributed by atoms with van der Waals surface area (Å²) < 4.78 is 0. The number of carbonyl (C=O) groups is 1. The molecular formula is C14H13NO3. The van der Waals surface area contributed by atoms with E-state index in [0.717, 1.165) is 5.56 Å². The molecule has 4 nitrogen and oxygen atoms in total. The second-order valence-electron chi connectivity index (χ2n) is 3.61. The quantitative estimate of drug-likeness (QED) is 0.663. The normalized spacial score (nSPS) is 9.56. The molecular weight excluding hydrogens is 230 g/mol. The van der Waals surface area contributed by atoms with E-state index in [2.05, 4.69) is 10.2 Å². The predicted octanol–water partition coefficient (Wildman–Crippen LogP) is 2.91. The Bertz CT molecular complexity index is 439. The first-order chi connectivity index (χ1) is 8.84. The summed E-state index contributed by atoms with van der Waals surface area (Å²) >= 11 is 0. The molecule has 0 spiro atoms. The molecule has 0 radical (unpaired) electrons. The zero-order valence-corrected chi connectivity index (χ0v) is 9.71. The molecule has 0 aliphatic rings. The van der Waals surface area contributed by atoms with Gasteiger partial charge in [0.2, 0.25) is 0 Å². The Kier molecular flexibility index (Phi) is 4.19. The van der Waals surface area contributed by atoms with Crippen molar-refractivity contribution in [3.63, 3.8) is 0 Å². The first kappa shape index (κ1) is 12.0. The molecule has 0 aliphatic heterocycles. The lowest BCUT2D eigenvalue weighted by Gasteiger charge is -2.05. The standard InChI is InChI=1S/C14H13NO3/c16-14(15-11-12-7-3-1-4-8-12)18-17-13-9-5-2-6-10-13/h1-10H,11H2,(H,15,16). The summed E-state index contributed by atoms with van der Waals surface area (Å²) in [4.78, 5) is 20.8. The van der Waals surface area contributed by atoms with Crippen molar-refractivity contribution in [3.05, 3.63) is 66.2 Å². The van der Waals surface area contributed by atoms with Crippen LogP contribution < -0.4 is 10.2 Å². The van der Waals surface area contributed by atoms with E-state index in [4.69, 9.17) is 4.89 Å². The van der Waals surface area contributed by atoms with Gasteiger partial charge in [0.1, 0.15) is 0 Å². The highest BCUT2D eigenvalue weighted by molar-refractivity contribution is 5.66. The third-order valence-electron chi connectivity index (χ3n) is 2.24. The van der Waals surface area contributed by atoms with Crippen LogP contribution in [0.4, 0.5) is 4.79 Å². The Morgan fingerprint density at radius 3 is 2.22 bits per heavy atom. The Labute approximate surface area is 105 Å². The third-order valence-corrected chi connectivity index (χ3v) is 2.24. The summed E-state index contributed by atoms with van der Waals surface area (Å²) in [6.07, 6.45) is -0.622. The Morgan fingerprint density at radius 2 is 1.56 bits per heavy atom. The van der Waals surface area contributed by atoms with E-state index >= 15 is 0 Å². The maximum absolute atomic E-state index is 11.3. The molecule has 2 rings (SSSR count). The van der Waals surface area contributed by atoms with Gasteiger partial charge >= 0.3 is 6.09 Å². The van der Waals surface area contributed by atoms with Gasteiger partial charge in [-0.3, -0.25) is 4.89 Å². The topological polar surface area (TPSA) is 47.6 Å². The van der Waals surface area contributed by atoms with Gasteiger partial charge in [-0.2, -0.15) is 0 Å². The van der Waals surface area contributed by atoms with E-state index in [1.165, 1.54) is 0 Å². The smallest absolute Gasteiger partial charge is 0.314 e. The number of benzene rings is 2. The van der Waals surface area contributed by atoms with E-state index in [-0.39, 0.29) is 0 Å². The molecule has 1 amide bonds. The van der Waals surface area contributed by atoms with Crippen molar-refractivity contribution in [1.82, 2.24) is 5.32 Å². The first-order valence-electron chi connectivity index (χ1n) is 5.56. The van der Waals surface area contributed by atoms with Gasteiger partial charge in [-0.15, -0.1) is 0 Å². The summed E-state index contributed by atoms with van der Waals surface area (Å²) in [5.74, 6) is 0.479. The number of hydrogen-bond donors (Lipinski definition) is 1. The van der Waals surface area contributed by atoms with Crippen LogP contribution in [-0.2, 0) is 11.4 Å². The maximum Gasteiger partial charge on any atom is 0.450 e. The number of hydrogen-bond acceptors (Lipinski definition) is 3. The van der Waals surface area contributed by atoms with Gasteiger partial charge in [-0.1, -0.05) is 48.5 Å². The van der Waals surface area contributed by atoms with Crippen LogP contribution in [0, 0.1) is 0 Å². The SMILES string of the molecule is O=C(NCc1ccccc1)OOc1ccccc1. The van der Waals surface area contributed by atoms with Crippen molar-refractivity contribution >= 4 is 6.09 Å². The van der Waals surface area contributed by atoms with Crippen molar-refractivity contribution in [1.29, 1.82) is 0 Å². The minimum atomic E-state index is -0.622. The zero-order chi connectivity index (χ0) is 12.6. The van der Waals surface area contributed by atoms with Gasteiger partial charge < -0.3 is 5.32 Å². The van der Waals surface area contributed by atoms with E-state index < -0.39 is 6.09 Å². The second kappa shape index (κ2) is 6.30. The fraction of sp³-hybridized carbons (Fsp3) is 0.0714. The third kappa shape index (κ3) is 3.83. The van der Waals surface area contributed by atoms with Gasteiger partial charge in [0, 0.05) is 6.54 Å². The molecule has 0 saturated heterocycles. The summed E-state index contributed by atoms with van der Waals surface area (Å²) in [6, 6.07) is 18.4. The van der Waals surface area contributed by atoms with Crippen LogP contribution in [0.1, 0.15) is 5.56 Å². The monoisotopic (exact) mass is 243 g/mol. The molecule has 0 atom stereocenters. The highest BCUT2D eigenvalue weighted by Gasteiger charge is 2.03. The molecule has 0 bridgehead atoms. The molecule has 2 aromatic rings. The second-order valence-corrected chi connectivity index (χ2v) is 3.61. The van der Waals surface area contributed by atoms with E-state index in [0.29, 0.717) is 12.3 Å². The van der Waals surface area contributed by atoms with Crippen LogP contribution >= 0.6 is 0 Å². The molecule has 1 N–H and O–H groups in total. The molecule has 18 heavy (non-hydrogen) atoms. The average molecular weight is 243 g/mol. The number of nitrogens with one attached hydrogen (secondary N) is 1. The molecule has 0 aliphatic carbocycles. The molecule has 0 heterocycles. The molecule has 2 aromatic carbocycles. The van der Waals surface area contributed by atoms with Crippen LogP contribution in [0.25, 0.3) is 0 Å². The van der Waals surface area contributed by atoms with Crippen LogP contribution in [0.2, 0.25) is 0 Å². The van der Waals surface area contributed by atoms with Crippen LogP contribution in [-0.4, -0.2) is 6.09 Å². The number of rotatable bonds is 4. The number of amides is 1. The van der Waals surface area contributed by atoms with Crippen molar-refractivity contribution in [2.24, 2.45) is 0 Å². The lowest BCUT2D eigenvalue weighted by Crippen LogP contribution is -2.24. The number of carbonyl (C=O) groups excluding carboxylic acids is 1. The van der Waals surface area contributed by atoms with Crippen molar-refractivity contribution in [2.75, 3.05) is 0 Å². The van der Waals surface area contributed by atoms with Crippen molar-refractivity contribution in [3.8, 4) is 5.75 Å². The molecule has 4 heteroatoms. The van der Waals surface area contributed by atoms with Gasteiger partial charge in [-0.25, -0.2) is 9.68 Å². The van der Waals surface area contributed by atoms with Crippen molar-refractivity contribution < 1.29 is 14.6 Å². The summed E-state index contributed by atoms with van der Waals surface area (Å²) in [5.41, 5.74) is 0.995. The first-order valence-corrected chi connectivity index (χ1v) is 5.56. The predicted molar refractivity (Wildman–Crippen MR) is 66.8 cm³/mol. The van der Waals surface area contributed by atoms with Gasteiger partial charge in [0.05, 0.1) is 0 Å². The van der Waals surface area contributed by atoms with Crippen LogP contribution in [0.3, 0.4) is 0 Å². The molecule has 92 valence electrons. The lowest BCUT2D eigenvalue weighted by atomic mass is 10.2. The van der Waals surface area contributed by atoms with Crippen LogP contribution in [0.15, 0.2) is 60.7 Å². The van der Waals surface area contributed by atoms with E-state index in [9.17, 15) is 4.79 Å². The van der Waals surface area contributed by atoms with Crippen LogP contribution in [0.5, 0.6) is 5.75 Å². The van der Waals surface area contributed by atoms with E-state index in [1.54, 1.807) is 24.3 Å². The van der Waals surface area contributed by atoms with Gasteiger partial charge in [-0.05, 0) is 17.7 Å². The molecule has 0 fully saturated rings. The highest BCUT2D eigenvalue weighted by atomic mass is 17.2. The molecule has 0 unspecified atom stereocenters. The maximum atomic E-state index is 11.3. The summed E-state index contributed by atoms with van der Waals surface area (Å²) in [6.45, 7) is 0.401. The molecule has 0 aromatic heterocycles. The minimum Gasteiger partial charge on any atom is -0.314 e. The lowest BCUT2D eigenvalue weighted by molar-refractivity contribution is -0.142. The van der Waals surface area contributed by atoms with Crippen molar-refractivity contribution in [2.45, 2.75) is 6.54 Å². The van der Waals surface area contributed by atoms with E-state index in [1.807, 2.05) is 36.4 Å². The zero-order valence-electron chi connectivity index (χ0n) is 9.71. The fourth-order valence-corrected chi connectivity index (χ4v) is 1.36. The minimum absolute atomic E-state index is 0.401. The summed E-state index contributed by atoms with van der Waals surface area (Å²) in [7, 11) is 0. The highest BCUT2D eigenvalue weighted by Crippen LogP contribution is 2.08. The Balaban J connectivity index is 1.73. The fourth-order valence-electron chi connectivity index (χ4n) is 1.36. The average Bonchev–Trinajstić information content (AvgIpc) is 2.45. The Hall–Kier alpha value is -2.49. The van der Waals surface area contributed by atoms with Gasteiger partial charge in [0.15, 0.2) is 5.75 Å². The Morgan fingerprint density at radius 1 is 0.944 bits per heavy atom. The number of para-hydroxylation sites is 1. The molecule has 0 saturated carbocycles. The van der Waals surface area contributed by atoms with Gasteiger partial charge in [0.25, 0.3) is 0 Å².